The summed E-state index contributed by atoms with van der Waals surface area (Å²) in [5.41, 5.74) is 1.25. The molecular weight excluding hydrogens is 473 g/mol. The molecule has 0 radical (unpaired) electrons. The van der Waals surface area contributed by atoms with Gasteiger partial charge in [0.05, 0.1) is 5.69 Å². The molecule has 4 rings (SSSR count). The van der Waals surface area contributed by atoms with Crippen LogP contribution in [0.5, 0.6) is 0 Å². The zero-order valence-corrected chi connectivity index (χ0v) is 19.5. The van der Waals surface area contributed by atoms with Gasteiger partial charge >= 0.3 is 0 Å². The fourth-order valence-electron chi connectivity index (χ4n) is 3.75. The van der Waals surface area contributed by atoms with E-state index in [1.807, 2.05) is 4.90 Å². The summed E-state index contributed by atoms with van der Waals surface area (Å²) in [5, 5.41) is 3.23. The van der Waals surface area contributed by atoms with E-state index in [-0.39, 0.29) is 32.4 Å². The summed E-state index contributed by atoms with van der Waals surface area (Å²) in [5.74, 6) is -0.681. The third-order valence-electron chi connectivity index (χ3n) is 5.60. The molecule has 0 atom stereocenters. The smallest absolute Gasteiger partial charge is 0.283 e. The number of carbonyl (C=O) groups is 3. The number of benzene rings is 2. The van der Waals surface area contributed by atoms with Gasteiger partial charge in [0.25, 0.3) is 17.7 Å². The maximum absolute atomic E-state index is 12.9. The Hall–Kier alpha value is -2.54. The maximum atomic E-state index is 12.9. The van der Waals surface area contributed by atoms with Gasteiger partial charge in [-0.25, -0.2) is 4.90 Å². The number of imide groups is 1. The van der Waals surface area contributed by atoms with Crippen molar-refractivity contribution in [3.05, 3.63) is 68.8 Å². The monoisotopic (exact) mass is 491 g/mol. The van der Waals surface area contributed by atoms with E-state index in [9.17, 15) is 14.4 Å². The molecule has 3 amide bonds. The average molecular weight is 493 g/mol. The number of nitrogens with zero attached hydrogens (tertiary/aromatic N) is 2. The van der Waals surface area contributed by atoms with Crippen LogP contribution in [0.4, 0.5) is 11.4 Å². The summed E-state index contributed by atoms with van der Waals surface area (Å²) in [4.78, 5) is 41.0. The van der Waals surface area contributed by atoms with Gasteiger partial charge in [-0.3, -0.25) is 14.4 Å². The number of nitrogens with one attached hydrogen (secondary N) is 1. The lowest BCUT2D eigenvalue weighted by molar-refractivity contribution is -0.120. The Balaban J connectivity index is 1.49. The topological polar surface area (TPSA) is 69.7 Å². The summed E-state index contributed by atoms with van der Waals surface area (Å²) in [6.07, 6.45) is 2.00. The van der Waals surface area contributed by atoms with Gasteiger partial charge < -0.3 is 10.2 Å². The number of anilines is 2. The van der Waals surface area contributed by atoms with Crippen LogP contribution in [0.1, 0.15) is 30.1 Å². The molecule has 0 unspecified atom stereocenters. The summed E-state index contributed by atoms with van der Waals surface area (Å²) in [6.45, 7) is 3.70. The summed E-state index contributed by atoms with van der Waals surface area (Å²) < 4.78 is 0. The van der Waals surface area contributed by atoms with Crippen LogP contribution in [0.2, 0.25) is 10.0 Å². The molecule has 0 bridgehead atoms. The van der Waals surface area contributed by atoms with E-state index >= 15 is 0 Å². The van der Waals surface area contributed by atoms with Crippen LogP contribution in [0, 0.1) is 5.92 Å². The molecule has 2 aliphatic heterocycles. The highest BCUT2D eigenvalue weighted by atomic mass is 35.5. The Kier molecular flexibility index (Phi) is 6.47. The molecule has 2 aromatic rings. The molecule has 1 N–H and O–H groups in total. The minimum Gasteiger partial charge on any atom is -0.350 e. The van der Waals surface area contributed by atoms with Crippen molar-refractivity contribution in [2.24, 2.45) is 5.92 Å². The van der Waals surface area contributed by atoms with Gasteiger partial charge in [-0.15, -0.1) is 0 Å². The Morgan fingerprint density at radius 3 is 2.12 bits per heavy atom. The number of likely N-dealkylation sites (tertiary alicyclic amines) is 1. The number of amides is 3. The first-order chi connectivity index (χ1) is 15.2. The van der Waals surface area contributed by atoms with E-state index < -0.39 is 11.8 Å². The van der Waals surface area contributed by atoms with Crippen molar-refractivity contribution in [2.45, 2.75) is 19.8 Å². The minimum atomic E-state index is -0.677. The number of piperidine rings is 1. The number of hydrogen-bond donors (Lipinski definition) is 1. The highest BCUT2D eigenvalue weighted by Gasteiger charge is 2.39. The van der Waals surface area contributed by atoms with Gasteiger partial charge in [-0.2, -0.15) is 0 Å². The Bertz CT molecular complexity index is 1100. The van der Waals surface area contributed by atoms with Crippen molar-refractivity contribution >= 4 is 63.9 Å². The third kappa shape index (κ3) is 4.49. The average Bonchev–Trinajstić information content (AvgIpc) is 2.97. The van der Waals surface area contributed by atoms with E-state index in [1.165, 1.54) is 18.2 Å². The molecule has 2 heterocycles. The Morgan fingerprint density at radius 2 is 1.53 bits per heavy atom. The first-order valence-corrected chi connectivity index (χ1v) is 11.3. The SMILES string of the molecule is CC1CCN(C(=O)c2ccc(NC3=C(Cl)C(=O)N(c4cc(Cl)cc(Cl)c4)C3=O)cc2)CC1. The lowest BCUT2D eigenvalue weighted by atomic mass is 9.98. The van der Waals surface area contributed by atoms with Crippen molar-refractivity contribution < 1.29 is 14.4 Å². The van der Waals surface area contributed by atoms with Crippen LogP contribution in [-0.2, 0) is 9.59 Å². The fraction of sp³-hybridized carbons (Fsp3) is 0.261. The van der Waals surface area contributed by atoms with Crippen LogP contribution < -0.4 is 10.2 Å². The predicted molar refractivity (Wildman–Crippen MR) is 126 cm³/mol. The van der Waals surface area contributed by atoms with E-state index in [0.717, 1.165) is 30.8 Å². The molecule has 0 aromatic heterocycles. The van der Waals surface area contributed by atoms with E-state index in [1.54, 1.807) is 24.3 Å². The molecule has 1 fully saturated rings. The standard InChI is InChI=1S/C23H20Cl3N3O3/c1-13-6-8-28(9-7-13)21(30)14-2-4-17(5-3-14)27-20-19(26)22(31)29(23(20)32)18-11-15(24)10-16(25)12-18/h2-5,10-13,27H,6-9H2,1H3. The molecule has 1 saturated heterocycles. The van der Waals surface area contributed by atoms with Crippen molar-refractivity contribution in [1.29, 1.82) is 0 Å². The zero-order chi connectivity index (χ0) is 23.0. The zero-order valence-electron chi connectivity index (χ0n) is 17.2. The van der Waals surface area contributed by atoms with Gasteiger partial charge in [-0.05, 0) is 61.2 Å². The highest BCUT2D eigenvalue weighted by molar-refractivity contribution is 6.53. The number of halogens is 3. The molecule has 0 spiro atoms. The second-order valence-corrected chi connectivity index (χ2v) is 9.19. The van der Waals surface area contributed by atoms with Crippen molar-refractivity contribution in [1.82, 2.24) is 4.90 Å². The molecule has 6 nitrogen and oxygen atoms in total. The Morgan fingerprint density at radius 1 is 0.938 bits per heavy atom. The predicted octanol–water partition coefficient (Wildman–Crippen LogP) is 5.30. The first kappa shape index (κ1) is 22.6. The van der Waals surface area contributed by atoms with Gasteiger partial charge in [0.2, 0.25) is 0 Å². The van der Waals surface area contributed by atoms with Gasteiger partial charge in [0.15, 0.2) is 0 Å². The summed E-state index contributed by atoms with van der Waals surface area (Å²) >= 11 is 18.2. The lowest BCUT2D eigenvalue weighted by Crippen LogP contribution is -2.37. The first-order valence-electron chi connectivity index (χ1n) is 10.2. The molecular formula is C23H20Cl3N3O3. The van der Waals surface area contributed by atoms with Crippen LogP contribution >= 0.6 is 34.8 Å². The van der Waals surface area contributed by atoms with E-state index in [4.69, 9.17) is 34.8 Å². The minimum absolute atomic E-state index is 0.0168. The number of hydrogen-bond acceptors (Lipinski definition) is 4. The molecule has 2 aromatic carbocycles. The van der Waals surface area contributed by atoms with Crippen molar-refractivity contribution in [3.63, 3.8) is 0 Å². The van der Waals surface area contributed by atoms with Crippen molar-refractivity contribution in [2.75, 3.05) is 23.3 Å². The van der Waals surface area contributed by atoms with Gasteiger partial charge in [0, 0.05) is 34.4 Å². The molecule has 9 heteroatoms. The molecule has 166 valence electrons. The molecule has 0 saturated carbocycles. The maximum Gasteiger partial charge on any atom is 0.283 e. The quantitative estimate of drug-likeness (QED) is 0.588. The van der Waals surface area contributed by atoms with Gasteiger partial charge in [-0.1, -0.05) is 41.7 Å². The van der Waals surface area contributed by atoms with Gasteiger partial charge in [0.1, 0.15) is 10.7 Å². The van der Waals surface area contributed by atoms with E-state index in [2.05, 4.69) is 12.2 Å². The number of rotatable bonds is 4. The largest absolute Gasteiger partial charge is 0.350 e. The Labute approximate surface area is 200 Å². The fourth-order valence-corrected chi connectivity index (χ4v) is 4.48. The molecule has 2 aliphatic rings. The summed E-state index contributed by atoms with van der Waals surface area (Å²) in [7, 11) is 0. The van der Waals surface area contributed by atoms with Crippen molar-refractivity contribution in [3.8, 4) is 0 Å². The van der Waals surface area contributed by atoms with Crippen LogP contribution in [-0.4, -0.2) is 35.7 Å². The van der Waals surface area contributed by atoms with Crippen LogP contribution in [0.25, 0.3) is 0 Å². The third-order valence-corrected chi connectivity index (χ3v) is 6.39. The second-order valence-electron chi connectivity index (χ2n) is 7.94. The summed E-state index contributed by atoms with van der Waals surface area (Å²) in [6, 6.07) is 11.1. The number of carbonyl (C=O) groups excluding carboxylic acids is 3. The molecule has 0 aliphatic carbocycles. The normalized spacial score (nSPS) is 17.4. The van der Waals surface area contributed by atoms with Crippen LogP contribution in [0.3, 0.4) is 0 Å². The molecule has 32 heavy (non-hydrogen) atoms. The highest BCUT2D eigenvalue weighted by Crippen LogP contribution is 2.33. The second kappa shape index (κ2) is 9.14. The van der Waals surface area contributed by atoms with E-state index in [0.29, 0.717) is 17.2 Å². The van der Waals surface area contributed by atoms with Crippen LogP contribution in [0.15, 0.2) is 53.2 Å². The lowest BCUT2D eigenvalue weighted by Gasteiger charge is -2.30.